The Morgan fingerprint density at radius 1 is 1.24 bits per heavy atom. The van der Waals surface area contributed by atoms with E-state index in [0.29, 0.717) is 13.1 Å². The van der Waals surface area contributed by atoms with Gasteiger partial charge in [0.05, 0.1) is 22.2 Å². The Hall–Kier alpha value is -2.91. The van der Waals surface area contributed by atoms with Gasteiger partial charge in [0.25, 0.3) is 0 Å². The van der Waals surface area contributed by atoms with Crippen molar-refractivity contribution in [1.82, 2.24) is 4.98 Å². The molecule has 3 aromatic rings. The lowest BCUT2D eigenvalue weighted by Crippen LogP contribution is -2.41. The van der Waals surface area contributed by atoms with Gasteiger partial charge in [0.2, 0.25) is 5.91 Å². The minimum Gasteiger partial charge on any atom is -0.345 e. The minimum atomic E-state index is -0.816. The summed E-state index contributed by atoms with van der Waals surface area (Å²) in [5.41, 5.74) is 1.88. The Kier molecular flexibility index (Phi) is 2.91. The fraction of sp³-hybridized carbons (Fsp3) is 0.211. The van der Waals surface area contributed by atoms with E-state index in [1.54, 1.807) is 11.3 Å². The molecule has 2 atom stereocenters. The number of aromatic nitrogens is 1. The molecule has 1 spiro atoms. The monoisotopic (exact) mass is 346 g/mol. The predicted molar refractivity (Wildman–Crippen MR) is 97.7 cm³/mol. The van der Waals surface area contributed by atoms with E-state index in [9.17, 15) is 10.1 Å². The fourth-order valence-corrected chi connectivity index (χ4v) is 4.96. The van der Waals surface area contributed by atoms with Crippen LogP contribution in [-0.4, -0.2) is 24.0 Å². The Morgan fingerprint density at radius 3 is 2.88 bits per heavy atom. The van der Waals surface area contributed by atoms with Gasteiger partial charge in [0, 0.05) is 18.8 Å². The number of nitrogens with one attached hydrogen (secondary N) is 1. The summed E-state index contributed by atoms with van der Waals surface area (Å²) in [7, 11) is 0. The van der Waals surface area contributed by atoms with Gasteiger partial charge in [-0.25, -0.2) is 4.98 Å². The lowest BCUT2D eigenvalue weighted by atomic mass is 9.74. The third-order valence-corrected chi connectivity index (χ3v) is 6.31. The fourth-order valence-electron chi connectivity index (χ4n) is 3.98. The Balaban J connectivity index is 1.61. The van der Waals surface area contributed by atoms with Crippen molar-refractivity contribution in [2.24, 2.45) is 5.92 Å². The molecule has 0 aliphatic carbocycles. The van der Waals surface area contributed by atoms with Crippen molar-refractivity contribution in [1.29, 1.82) is 5.26 Å². The van der Waals surface area contributed by atoms with Gasteiger partial charge in [0.1, 0.15) is 5.41 Å². The highest BCUT2D eigenvalue weighted by Crippen LogP contribution is 2.48. The first-order valence-corrected chi connectivity index (χ1v) is 8.95. The van der Waals surface area contributed by atoms with E-state index < -0.39 is 11.3 Å². The van der Waals surface area contributed by atoms with Crippen LogP contribution in [0.2, 0.25) is 0 Å². The Morgan fingerprint density at radius 2 is 2.04 bits per heavy atom. The van der Waals surface area contributed by atoms with E-state index >= 15 is 0 Å². The summed E-state index contributed by atoms with van der Waals surface area (Å²) in [4.78, 5) is 19.7. The number of amides is 1. The number of carbonyl (C=O) groups excluding carboxylic acids is 1. The van der Waals surface area contributed by atoms with E-state index in [0.717, 1.165) is 26.6 Å². The van der Waals surface area contributed by atoms with Crippen molar-refractivity contribution >= 4 is 38.3 Å². The van der Waals surface area contributed by atoms with Crippen LogP contribution in [0.15, 0.2) is 48.5 Å². The van der Waals surface area contributed by atoms with Crippen LogP contribution in [0.5, 0.6) is 0 Å². The van der Waals surface area contributed by atoms with Crippen LogP contribution in [-0.2, 0) is 10.2 Å². The summed E-state index contributed by atoms with van der Waals surface area (Å²) in [6.07, 6.45) is 0. The lowest BCUT2D eigenvalue weighted by Gasteiger charge is -2.24. The third kappa shape index (κ3) is 1.87. The molecular formula is C19H14N4OS. The van der Waals surface area contributed by atoms with Gasteiger partial charge in [-0.05, 0) is 23.8 Å². The topological polar surface area (TPSA) is 69.0 Å². The summed E-state index contributed by atoms with van der Waals surface area (Å²) in [6, 6.07) is 18.1. The third-order valence-electron chi connectivity index (χ3n) is 5.21. The van der Waals surface area contributed by atoms with E-state index in [4.69, 9.17) is 4.98 Å². The first-order valence-electron chi connectivity index (χ1n) is 8.13. The van der Waals surface area contributed by atoms with Crippen molar-refractivity contribution in [3.8, 4) is 6.07 Å². The first-order chi connectivity index (χ1) is 12.2. The molecule has 122 valence electrons. The molecule has 2 aromatic carbocycles. The zero-order chi connectivity index (χ0) is 17.0. The Labute approximate surface area is 148 Å². The first kappa shape index (κ1) is 14.4. The van der Waals surface area contributed by atoms with Crippen LogP contribution >= 0.6 is 11.3 Å². The van der Waals surface area contributed by atoms with Crippen LogP contribution in [0.1, 0.15) is 5.56 Å². The molecule has 1 amide bonds. The molecule has 3 heterocycles. The molecule has 1 fully saturated rings. The van der Waals surface area contributed by atoms with Crippen LogP contribution in [0.3, 0.4) is 0 Å². The molecule has 5 rings (SSSR count). The number of anilines is 2. The molecule has 1 N–H and O–H groups in total. The van der Waals surface area contributed by atoms with Crippen LogP contribution < -0.4 is 10.2 Å². The smallest absolute Gasteiger partial charge is 0.238 e. The number of para-hydroxylation sites is 2. The molecule has 1 saturated heterocycles. The number of hydrogen-bond donors (Lipinski definition) is 1. The van der Waals surface area contributed by atoms with E-state index in [2.05, 4.69) is 16.3 Å². The molecule has 5 nitrogen and oxygen atoms in total. The normalized spacial score (nSPS) is 24.5. The second kappa shape index (κ2) is 5.04. The van der Waals surface area contributed by atoms with Gasteiger partial charge < -0.3 is 10.2 Å². The van der Waals surface area contributed by atoms with Crippen molar-refractivity contribution in [2.45, 2.75) is 5.41 Å². The maximum absolute atomic E-state index is 12.9. The largest absolute Gasteiger partial charge is 0.345 e. The quantitative estimate of drug-likeness (QED) is 0.735. The van der Waals surface area contributed by atoms with Gasteiger partial charge in [-0.1, -0.05) is 41.7 Å². The van der Waals surface area contributed by atoms with Crippen molar-refractivity contribution < 1.29 is 4.79 Å². The molecule has 0 bridgehead atoms. The van der Waals surface area contributed by atoms with Crippen LogP contribution in [0.4, 0.5) is 10.8 Å². The molecule has 0 unspecified atom stereocenters. The summed E-state index contributed by atoms with van der Waals surface area (Å²) < 4.78 is 1.11. The molecule has 0 radical (unpaired) electrons. The number of nitrogens with zero attached hydrogens (tertiary/aromatic N) is 3. The molecule has 0 saturated carbocycles. The number of carbonyl (C=O) groups is 1. The van der Waals surface area contributed by atoms with Crippen molar-refractivity contribution in [3.63, 3.8) is 0 Å². The van der Waals surface area contributed by atoms with Gasteiger partial charge >= 0.3 is 0 Å². The second-order valence-corrected chi connectivity index (χ2v) is 7.51. The summed E-state index contributed by atoms with van der Waals surface area (Å²) >= 11 is 1.61. The number of hydrogen-bond acceptors (Lipinski definition) is 5. The summed E-state index contributed by atoms with van der Waals surface area (Å²) in [6.45, 7) is 0.992. The van der Waals surface area contributed by atoms with E-state index in [1.165, 1.54) is 0 Å². The predicted octanol–water partition coefficient (Wildman–Crippen LogP) is 3.15. The van der Waals surface area contributed by atoms with Gasteiger partial charge in [0.15, 0.2) is 5.13 Å². The number of rotatable bonds is 1. The van der Waals surface area contributed by atoms with E-state index in [1.807, 2.05) is 48.5 Å². The number of fused-ring (bicyclic) bond motifs is 3. The standard InChI is InChI=1S/C19H14N4OS/c20-9-12-10-23(18-22-15-7-3-4-8-16(15)25-18)11-19(12)13-5-1-2-6-14(13)21-17(19)24/h1-8,12H,10-11H2,(H,21,24)/t12-,19-/m1/s1. The average molecular weight is 346 g/mol. The highest BCUT2D eigenvalue weighted by Gasteiger charge is 2.58. The molecule has 2 aliphatic rings. The summed E-state index contributed by atoms with van der Waals surface area (Å²) in [5.74, 6) is -0.480. The number of nitriles is 1. The highest BCUT2D eigenvalue weighted by atomic mass is 32.1. The maximum atomic E-state index is 12.9. The summed E-state index contributed by atoms with van der Waals surface area (Å²) in [5, 5.41) is 13.6. The molecule has 2 aliphatic heterocycles. The minimum absolute atomic E-state index is 0.0798. The highest BCUT2D eigenvalue weighted by molar-refractivity contribution is 7.22. The molecule has 6 heteroatoms. The second-order valence-electron chi connectivity index (χ2n) is 6.50. The van der Waals surface area contributed by atoms with E-state index in [-0.39, 0.29) is 5.91 Å². The molecule has 1 aromatic heterocycles. The van der Waals surface area contributed by atoms with Crippen LogP contribution in [0, 0.1) is 17.2 Å². The molecular weight excluding hydrogens is 332 g/mol. The zero-order valence-electron chi connectivity index (χ0n) is 13.3. The lowest BCUT2D eigenvalue weighted by molar-refractivity contribution is -0.120. The maximum Gasteiger partial charge on any atom is 0.238 e. The molecule has 25 heavy (non-hydrogen) atoms. The number of benzene rings is 2. The Bertz CT molecular complexity index is 1020. The van der Waals surface area contributed by atoms with Crippen molar-refractivity contribution in [3.05, 3.63) is 54.1 Å². The van der Waals surface area contributed by atoms with Crippen LogP contribution in [0.25, 0.3) is 10.2 Å². The average Bonchev–Trinajstić information content (AvgIpc) is 3.30. The van der Waals surface area contributed by atoms with Gasteiger partial charge in [-0.2, -0.15) is 5.26 Å². The van der Waals surface area contributed by atoms with Gasteiger partial charge in [-0.3, -0.25) is 4.79 Å². The zero-order valence-corrected chi connectivity index (χ0v) is 14.1. The SMILES string of the molecule is N#C[C@@H]1CN(c2nc3ccccc3s2)C[C@@]12C(=O)Nc1ccccc12. The number of thiazole rings is 1. The van der Waals surface area contributed by atoms with Crippen molar-refractivity contribution in [2.75, 3.05) is 23.3 Å². The van der Waals surface area contributed by atoms with Gasteiger partial charge in [-0.15, -0.1) is 0 Å².